The van der Waals surface area contributed by atoms with E-state index >= 15 is 0 Å². The van der Waals surface area contributed by atoms with Gasteiger partial charge in [-0.3, -0.25) is 4.79 Å². The number of nitrogens with zero attached hydrogens (tertiary/aromatic N) is 2. The molecule has 0 atom stereocenters. The Morgan fingerprint density at radius 3 is 2.47 bits per heavy atom. The van der Waals surface area contributed by atoms with E-state index in [-0.39, 0.29) is 23.8 Å². The van der Waals surface area contributed by atoms with Gasteiger partial charge < -0.3 is 24.1 Å². The second-order valence-electron chi connectivity index (χ2n) is 8.54. The number of carboxylic acid groups (broad SMARTS) is 1. The molecular weight excluding hydrogens is 547 g/mol. The lowest BCUT2D eigenvalue weighted by Gasteiger charge is -2.40. The Balaban J connectivity index is 1.36. The van der Waals surface area contributed by atoms with Crippen LogP contribution in [0.1, 0.15) is 25.7 Å². The number of piperidine rings is 1. The van der Waals surface area contributed by atoms with Crippen molar-refractivity contribution in [2.45, 2.75) is 31.7 Å². The first-order valence-corrected chi connectivity index (χ1v) is 12.5. The quantitative estimate of drug-likeness (QED) is 0.335. The molecule has 2 fully saturated rings. The van der Waals surface area contributed by atoms with Gasteiger partial charge in [0, 0.05) is 41.5 Å². The minimum absolute atomic E-state index is 0.0371. The zero-order valence-electron chi connectivity index (χ0n) is 18.0. The summed E-state index contributed by atoms with van der Waals surface area (Å²) in [6.07, 6.45) is 1.97. The van der Waals surface area contributed by atoms with Crippen LogP contribution < -0.4 is 14.5 Å². The molecule has 2 aromatic carbocycles. The Bertz CT molecular complexity index is 1270. The maximum atomic E-state index is 13.2. The number of anilines is 2. The second kappa shape index (κ2) is 9.32. The molecule has 2 aliphatic rings. The van der Waals surface area contributed by atoms with Gasteiger partial charge in [-0.05, 0) is 71.9 Å². The average molecular weight is 568 g/mol. The summed E-state index contributed by atoms with van der Waals surface area (Å²) in [6, 6.07) is 10.6. The van der Waals surface area contributed by atoms with Crippen LogP contribution in [0.15, 0.2) is 45.3 Å². The fourth-order valence-electron chi connectivity index (χ4n) is 4.49. The topological polar surface area (TPSA) is 83.2 Å². The summed E-state index contributed by atoms with van der Waals surface area (Å²) in [5, 5.41) is 10.6. The molecule has 3 aromatic rings. The maximum absolute atomic E-state index is 13.2. The molecule has 1 aromatic heterocycles. The molecule has 178 valence electrons. The van der Waals surface area contributed by atoms with E-state index in [2.05, 4.69) is 25.6 Å². The molecule has 1 saturated carbocycles. The van der Waals surface area contributed by atoms with Crippen molar-refractivity contribution in [1.82, 2.24) is 0 Å². The summed E-state index contributed by atoms with van der Waals surface area (Å²) in [5.74, 6) is 0.132. The highest BCUT2D eigenvalue weighted by atomic mass is 79.9. The molecule has 1 amide bonds. The van der Waals surface area contributed by atoms with Gasteiger partial charge in [-0.2, -0.15) is 0 Å². The highest BCUT2D eigenvalue weighted by Crippen LogP contribution is 2.41. The van der Waals surface area contributed by atoms with Crippen LogP contribution in [-0.4, -0.2) is 36.3 Å². The van der Waals surface area contributed by atoms with Crippen molar-refractivity contribution in [2.75, 3.05) is 22.9 Å². The fourth-order valence-corrected chi connectivity index (χ4v) is 5.68. The highest BCUT2D eigenvalue weighted by Gasteiger charge is 2.39. The lowest BCUT2D eigenvalue weighted by molar-refractivity contribution is -0.120. The van der Waals surface area contributed by atoms with E-state index in [1.54, 1.807) is 24.3 Å². The lowest BCUT2D eigenvalue weighted by Crippen LogP contribution is -2.48. The molecule has 0 unspecified atom stereocenters. The van der Waals surface area contributed by atoms with Crippen LogP contribution in [0.5, 0.6) is 5.95 Å². The minimum atomic E-state index is -1.43. The molecule has 0 bridgehead atoms. The van der Waals surface area contributed by atoms with Crippen LogP contribution in [-0.2, 0) is 4.79 Å². The number of hydrogen-bond donors (Lipinski definition) is 1. The van der Waals surface area contributed by atoms with E-state index in [0.29, 0.717) is 21.3 Å². The fraction of sp³-hybridized carbons (Fsp3) is 0.333. The van der Waals surface area contributed by atoms with Gasteiger partial charge in [0.2, 0.25) is 5.91 Å². The molecule has 1 N–H and O–H groups in total. The molecule has 0 spiro atoms. The summed E-state index contributed by atoms with van der Waals surface area (Å²) < 4.78 is 10.9. The van der Waals surface area contributed by atoms with Gasteiger partial charge in [-0.25, -0.2) is 4.79 Å². The van der Waals surface area contributed by atoms with Crippen LogP contribution in [0, 0.1) is 5.92 Å². The van der Waals surface area contributed by atoms with Crippen molar-refractivity contribution < 1.29 is 23.8 Å². The first kappa shape index (κ1) is 23.3. The van der Waals surface area contributed by atoms with Crippen LogP contribution in [0.3, 0.4) is 0 Å². The molecular formula is C24H21BrCl2N2O5. The minimum Gasteiger partial charge on any atom is -0.449 e. The standard InChI is InChI=1S/C24H21BrCl2N2O5/c25-22-16-12-21(34-24(31)32)33-20(16)6-5-19(22)28-9-7-15(8-10-28)29(23(30)13-1-2-13)18-4-3-14(26)11-17(18)27/h3-6,11-13,15H,1-2,7-10H2,(H,31,32). The van der Waals surface area contributed by atoms with E-state index in [4.69, 9.17) is 32.7 Å². The van der Waals surface area contributed by atoms with Gasteiger partial charge >= 0.3 is 6.16 Å². The summed E-state index contributed by atoms with van der Waals surface area (Å²) in [4.78, 5) is 28.2. The van der Waals surface area contributed by atoms with Crippen molar-refractivity contribution in [3.05, 3.63) is 50.9 Å². The Hall–Kier alpha value is -2.42. The van der Waals surface area contributed by atoms with Gasteiger partial charge in [-0.15, -0.1) is 0 Å². The van der Waals surface area contributed by atoms with Crippen molar-refractivity contribution in [1.29, 1.82) is 0 Å². The molecule has 10 heteroatoms. The van der Waals surface area contributed by atoms with Crippen molar-refractivity contribution >= 4 is 73.5 Å². The predicted octanol–water partition coefficient (Wildman–Crippen LogP) is 6.97. The van der Waals surface area contributed by atoms with Crippen molar-refractivity contribution in [2.24, 2.45) is 5.92 Å². The molecule has 1 aliphatic carbocycles. The number of benzene rings is 2. The van der Waals surface area contributed by atoms with Crippen LogP contribution >= 0.6 is 39.1 Å². The van der Waals surface area contributed by atoms with Crippen LogP contribution in [0.4, 0.5) is 16.2 Å². The predicted molar refractivity (Wildman–Crippen MR) is 134 cm³/mol. The molecule has 0 radical (unpaired) electrons. The molecule has 34 heavy (non-hydrogen) atoms. The normalized spacial score (nSPS) is 16.6. The Morgan fingerprint density at radius 2 is 1.82 bits per heavy atom. The summed E-state index contributed by atoms with van der Waals surface area (Å²) >= 11 is 16.2. The number of carbonyl (C=O) groups excluding carboxylic acids is 1. The van der Waals surface area contributed by atoms with Crippen LogP contribution in [0.25, 0.3) is 11.0 Å². The number of furan rings is 1. The Kier molecular flexibility index (Phi) is 6.39. The highest BCUT2D eigenvalue weighted by molar-refractivity contribution is 9.10. The van der Waals surface area contributed by atoms with E-state index in [1.165, 1.54) is 0 Å². The second-order valence-corrected chi connectivity index (χ2v) is 10.2. The number of amides is 1. The summed E-state index contributed by atoms with van der Waals surface area (Å²) in [5.41, 5.74) is 2.21. The van der Waals surface area contributed by atoms with Crippen molar-refractivity contribution in [3.63, 3.8) is 0 Å². The number of fused-ring (bicyclic) bond motifs is 1. The van der Waals surface area contributed by atoms with Crippen molar-refractivity contribution in [3.8, 4) is 5.95 Å². The van der Waals surface area contributed by atoms with E-state index in [9.17, 15) is 9.59 Å². The van der Waals surface area contributed by atoms with Gasteiger partial charge in [0.1, 0.15) is 5.58 Å². The number of carbonyl (C=O) groups is 2. The smallest absolute Gasteiger partial charge is 0.449 e. The summed E-state index contributed by atoms with van der Waals surface area (Å²) in [7, 11) is 0. The summed E-state index contributed by atoms with van der Waals surface area (Å²) in [6.45, 7) is 1.48. The molecule has 1 aliphatic heterocycles. The van der Waals surface area contributed by atoms with E-state index < -0.39 is 6.16 Å². The largest absolute Gasteiger partial charge is 0.513 e. The first-order chi connectivity index (χ1) is 16.3. The van der Waals surface area contributed by atoms with Gasteiger partial charge in [0.25, 0.3) is 5.95 Å². The first-order valence-electron chi connectivity index (χ1n) is 11.0. The number of ether oxygens (including phenoxy) is 1. The number of halogens is 3. The molecule has 2 heterocycles. The maximum Gasteiger partial charge on any atom is 0.513 e. The van der Waals surface area contributed by atoms with E-state index in [0.717, 1.165) is 54.3 Å². The molecule has 5 rings (SSSR count). The Morgan fingerprint density at radius 1 is 1.09 bits per heavy atom. The van der Waals surface area contributed by atoms with Crippen LogP contribution in [0.2, 0.25) is 10.0 Å². The molecule has 1 saturated heterocycles. The number of hydrogen-bond acceptors (Lipinski definition) is 5. The molecule has 7 nitrogen and oxygen atoms in total. The SMILES string of the molecule is O=C(O)Oc1cc2c(Br)c(N3CCC(N(C(=O)C4CC4)c4ccc(Cl)cc4Cl)CC3)ccc2o1. The van der Waals surface area contributed by atoms with Gasteiger partial charge in [0.15, 0.2) is 0 Å². The lowest BCUT2D eigenvalue weighted by atomic mass is 10.0. The third kappa shape index (κ3) is 4.59. The zero-order valence-corrected chi connectivity index (χ0v) is 21.1. The Labute approximate surface area is 214 Å². The third-order valence-corrected chi connectivity index (χ3v) is 7.65. The van der Waals surface area contributed by atoms with E-state index in [1.807, 2.05) is 17.0 Å². The van der Waals surface area contributed by atoms with Gasteiger partial charge in [0.05, 0.1) is 20.9 Å². The average Bonchev–Trinajstić information content (AvgIpc) is 3.56. The monoisotopic (exact) mass is 566 g/mol. The number of rotatable bonds is 5. The third-order valence-electron chi connectivity index (χ3n) is 6.28. The zero-order chi connectivity index (χ0) is 24.0. The van der Waals surface area contributed by atoms with Gasteiger partial charge in [-0.1, -0.05) is 23.2 Å².